The summed E-state index contributed by atoms with van der Waals surface area (Å²) in [5.74, 6) is 0.839. The third kappa shape index (κ3) is 2.47. The molecule has 0 amide bonds. The highest BCUT2D eigenvalue weighted by molar-refractivity contribution is 5.71. The quantitative estimate of drug-likeness (QED) is 0.899. The second kappa shape index (κ2) is 5.12. The van der Waals surface area contributed by atoms with Gasteiger partial charge in [-0.05, 0) is 39.8 Å². The maximum absolute atomic E-state index is 4.65. The van der Waals surface area contributed by atoms with Crippen LogP contribution in [-0.2, 0) is 0 Å². The summed E-state index contributed by atoms with van der Waals surface area (Å²) >= 11 is 0. The molecule has 0 aliphatic carbocycles. The minimum Gasteiger partial charge on any atom is -0.369 e. The first-order chi connectivity index (χ1) is 8.61. The molecule has 0 atom stereocenters. The van der Waals surface area contributed by atoms with E-state index in [2.05, 4.69) is 27.2 Å². The van der Waals surface area contributed by atoms with E-state index >= 15 is 0 Å². The van der Waals surface area contributed by atoms with E-state index in [9.17, 15) is 0 Å². The van der Waals surface area contributed by atoms with Gasteiger partial charge in [0.25, 0.3) is 0 Å². The average molecular weight is 242 g/mol. The Labute approximate surface area is 108 Å². The van der Waals surface area contributed by atoms with E-state index in [1.165, 1.54) is 0 Å². The van der Waals surface area contributed by atoms with Crippen LogP contribution in [0.5, 0.6) is 0 Å². The number of hydrogen-bond acceptors (Lipinski definition) is 4. The second-order valence-electron chi connectivity index (χ2n) is 4.31. The van der Waals surface area contributed by atoms with E-state index in [0.717, 1.165) is 40.7 Å². The van der Waals surface area contributed by atoms with Gasteiger partial charge < -0.3 is 5.32 Å². The SMILES string of the molecule is CCNc1nc(C)c(C)nc1-c1ccnc(C)c1. The molecule has 0 unspecified atom stereocenters. The first kappa shape index (κ1) is 12.5. The minimum absolute atomic E-state index is 0.828. The molecule has 4 nitrogen and oxygen atoms in total. The van der Waals surface area contributed by atoms with Crippen LogP contribution in [0.3, 0.4) is 0 Å². The molecular formula is C14H18N4. The molecule has 1 N–H and O–H groups in total. The summed E-state index contributed by atoms with van der Waals surface area (Å²) in [4.78, 5) is 13.4. The van der Waals surface area contributed by atoms with Crippen molar-refractivity contribution < 1.29 is 0 Å². The van der Waals surface area contributed by atoms with Gasteiger partial charge in [-0.2, -0.15) is 0 Å². The number of pyridine rings is 1. The molecule has 2 aromatic rings. The van der Waals surface area contributed by atoms with Crippen molar-refractivity contribution in [2.24, 2.45) is 0 Å². The topological polar surface area (TPSA) is 50.7 Å². The lowest BCUT2D eigenvalue weighted by molar-refractivity contribution is 1.03. The van der Waals surface area contributed by atoms with Crippen molar-refractivity contribution in [3.8, 4) is 11.3 Å². The van der Waals surface area contributed by atoms with E-state index in [1.54, 1.807) is 6.20 Å². The lowest BCUT2D eigenvalue weighted by Crippen LogP contribution is -2.06. The van der Waals surface area contributed by atoms with Crippen LogP contribution >= 0.6 is 0 Å². The molecule has 0 spiro atoms. The fraction of sp³-hybridized carbons (Fsp3) is 0.357. The lowest BCUT2D eigenvalue weighted by atomic mass is 10.1. The Bertz CT molecular complexity index is 564. The average Bonchev–Trinajstić information content (AvgIpc) is 2.34. The third-order valence-electron chi connectivity index (χ3n) is 2.82. The number of anilines is 1. The summed E-state index contributed by atoms with van der Waals surface area (Å²) in [5.41, 5.74) is 4.84. The van der Waals surface area contributed by atoms with Gasteiger partial charge in [-0.3, -0.25) is 4.98 Å². The molecule has 18 heavy (non-hydrogen) atoms. The van der Waals surface area contributed by atoms with Gasteiger partial charge in [-0.1, -0.05) is 0 Å². The van der Waals surface area contributed by atoms with Crippen molar-refractivity contribution >= 4 is 5.82 Å². The Morgan fingerprint density at radius 3 is 2.50 bits per heavy atom. The smallest absolute Gasteiger partial charge is 0.152 e. The van der Waals surface area contributed by atoms with Gasteiger partial charge >= 0.3 is 0 Å². The predicted octanol–water partition coefficient (Wildman–Crippen LogP) is 2.90. The molecule has 94 valence electrons. The zero-order valence-corrected chi connectivity index (χ0v) is 11.3. The highest BCUT2D eigenvalue weighted by atomic mass is 15.0. The summed E-state index contributed by atoms with van der Waals surface area (Å²) in [6.45, 7) is 8.82. The van der Waals surface area contributed by atoms with Crippen LogP contribution in [0.4, 0.5) is 5.82 Å². The van der Waals surface area contributed by atoms with E-state index in [1.807, 2.05) is 32.9 Å². The van der Waals surface area contributed by atoms with E-state index in [-0.39, 0.29) is 0 Å². The highest BCUT2D eigenvalue weighted by Crippen LogP contribution is 2.25. The lowest BCUT2D eigenvalue weighted by Gasteiger charge is -2.12. The first-order valence-corrected chi connectivity index (χ1v) is 6.14. The fourth-order valence-corrected chi connectivity index (χ4v) is 1.79. The van der Waals surface area contributed by atoms with Crippen molar-refractivity contribution in [2.75, 3.05) is 11.9 Å². The maximum Gasteiger partial charge on any atom is 0.152 e. The zero-order valence-electron chi connectivity index (χ0n) is 11.3. The summed E-state index contributed by atoms with van der Waals surface area (Å²) < 4.78 is 0. The maximum atomic E-state index is 4.65. The Kier molecular flexibility index (Phi) is 3.55. The Morgan fingerprint density at radius 1 is 1.11 bits per heavy atom. The zero-order chi connectivity index (χ0) is 13.1. The van der Waals surface area contributed by atoms with E-state index < -0.39 is 0 Å². The van der Waals surface area contributed by atoms with E-state index in [4.69, 9.17) is 0 Å². The molecule has 0 aliphatic rings. The van der Waals surface area contributed by atoms with Gasteiger partial charge in [-0.25, -0.2) is 9.97 Å². The second-order valence-corrected chi connectivity index (χ2v) is 4.31. The molecule has 0 saturated carbocycles. The molecule has 2 heterocycles. The van der Waals surface area contributed by atoms with Crippen LogP contribution < -0.4 is 5.32 Å². The van der Waals surface area contributed by atoms with Gasteiger partial charge in [0.05, 0.1) is 11.4 Å². The van der Waals surface area contributed by atoms with Gasteiger partial charge in [0, 0.05) is 24.0 Å². The van der Waals surface area contributed by atoms with Gasteiger partial charge in [0.15, 0.2) is 5.82 Å². The standard InChI is InChI=1S/C14H18N4/c1-5-15-14-13(17-10(3)11(4)18-14)12-6-7-16-9(2)8-12/h6-8H,5H2,1-4H3,(H,15,18). The Hall–Kier alpha value is -1.97. The van der Waals surface area contributed by atoms with Crippen LogP contribution in [-0.4, -0.2) is 21.5 Å². The molecule has 0 radical (unpaired) electrons. The summed E-state index contributed by atoms with van der Waals surface area (Å²) in [6.07, 6.45) is 1.80. The minimum atomic E-state index is 0.828. The number of nitrogens with one attached hydrogen (secondary N) is 1. The van der Waals surface area contributed by atoms with Crippen molar-refractivity contribution in [3.63, 3.8) is 0 Å². The molecule has 0 aromatic carbocycles. The Morgan fingerprint density at radius 2 is 1.83 bits per heavy atom. The van der Waals surface area contributed by atoms with Gasteiger partial charge in [0.1, 0.15) is 5.69 Å². The van der Waals surface area contributed by atoms with Crippen LogP contribution in [0.25, 0.3) is 11.3 Å². The predicted molar refractivity (Wildman–Crippen MR) is 73.6 cm³/mol. The Balaban J connectivity index is 2.58. The molecule has 0 saturated heterocycles. The normalized spacial score (nSPS) is 10.4. The first-order valence-electron chi connectivity index (χ1n) is 6.14. The number of nitrogens with zero attached hydrogens (tertiary/aromatic N) is 3. The van der Waals surface area contributed by atoms with Gasteiger partial charge in [-0.15, -0.1) is 0 Å². The molecule has 2 aromatic heterocycles. The van der Waals surface area contributed by atoms with Crippen molar-refractivity contribution in [1.82, 2.24) is 15.0 Å². The number of aryl methyl sites for hydroxylation is 3. The largest absolute Gasteiger partial charge is 0.369 e. The van der Waals surface area contributed by atoms with Gasteiger partial charge in [0.2, 0.25) is 0 Å². The van der Waals surface area contributed by atoms with Crippen LogP contribution in [0.2, 0.25) is 0 Å². The third-order valence-corrected chi connectivity index (χ3v) is 2.82. The summed E-state index contributed by atoms with van der Waals surface area (Å²) in [5, 5.41) is 3.27. The summed E-state index contributed by atoms with van der Waals surface area (Å²) in [7, 11) is 0. The fourth-order valence-electron chi connectivity index (χ4n) is 1.79. The van der Waals surface area contributed by atoms with Crippen molar-refractivity contribution in [1.29, 1.82) is 0 Å². The van der Waals surface area contributed by atoms with Crippen LogP contribution in [0, 0.1) is 20.8 Å². The van der Waals surface area contributed by atoms with Crippen LogP contribution in [0.15, 0.2) is 18.3 Å². The number of aromatic nitrogens is 3. The molecule has 4 heteroatoms. The molecular weight excluding hydrogens is 224 g/mol. The monoisotopic (exact) mass is 242 g/mol. The number of rotatable bonds is 3. The molecule has 2 rings (SSSR count). The van der Waals surface area contributed by atoms with Crippen molar-refractivity contribution in [2.45, 2.75) is 27.7 Å². The van der Waals surface area contributed by atoms with Crippen molar-refractivity contribution in [3.05, 3.63) is 35.4 Å². The van der Waals surface area contributed by atoms with Crippen LogP contribution in [0.1, 0.15) is 24.0 Å². The summed E-state index contributed by atoms with van der Waals surface area (Å²) in [6, 6.07) is 3.99. The molecule has 0 bridgehead atoms. The number of hydrogen-bond donors (Lipinski definition) is 1. The highest BCUT2D eigenvalue weighted by Gasteiger charge is 2.10. The molecule has 0 fully saturated rings. The molecule has 0 aliphatic heterocycles. The van der Waals surface area contributed by atoms with E-state index in [0.29, 0.717) is 0 Å².